The van der Waals surface area contributed by atoms with E-state index < -0.39 is 33.0 Å². The molecule has 5 N–H and O–H groups in total. The highest BCUT2D eigenvalue weighted by atomic mass is 32.2. The maximum Gasteiger partial charge on any atom is 0.261 e. The Morgan fingerprint density at radius 2 is 1.78 bits per heavy atom. The van der Waals surface area contributed by atoms with Crippen molar-refractivity contribution in [2.45, 2.75) is 24.8 Å². The van der Waals surface area contributed by atoms with Gasteiger partial charge in [0.15, 0.2) is 0 Å². The van der Waals surface area contributed by atoms with Crippen LogP contribution in [0.15, 0.2) is 64.3 Å². The van der Waals surface area contributed by atoms with E-state index in [1.807, 2.05) is 0 Å². The van der Waals surface area contributed by atoms with Crippen molar-refractivity contribution in [3.05, 3.63) is 93.3 Å². The quantitative estimate of drug-likeness (QED) is 0.346. The van der Waals surface area contributed by atoms with Gasteiger partial charge >= 0.3 is 0 Å². The molecule has 0 spiro atoms. The summed E-state index contributed by atoms with van der Waals surface area (Å²) in [5, 5.41) is 0.167. The van der Waals surface area contributed by atoms with Crippen molar-refractivity contribution in [3.63, 3.8) is 0 Å². The lowest BCUT2D eigenvalue weighted by molar-refractivity contribution is 0.0999. The molecule has 0 atom stereocenters. The lowest BCUT2D eigenvalue weighted by Gasteiger charge is -2.15. The Morgan fingerprint density at radius 3 is 2.39 bits per heavy atom. The fraction of sp³-hybridized carbons (Fsp3) is 0.125. The molecule has 0 radical (unpaired) electrons. The first-order valence-corrected chi connectivity index (χ1v) is 12.2. The fourth-order valence-corrected chi connectivity index (χ4v) is 4.87. The Morgan fingerprint density at radius 1 is 1.08 bits per heavy atom. The topological polar surface area (TPSA) is 150 Å². The number of aromatic nitrogens is 2. The number of amides is 1. The summed E-state index contributed by atoms with van der Waals surface area (Å²) < 4.78 is 56.4. The van der Waals surface area contributed by atoms with E-state index in [2.05, 4.69) is 9.71 Å². The van der Waals surface area contributed by atoms with Crippen molar-refractivity contribution in [2.75, 3.05) is 10.5 Å². The molecule has 0 unspecified atom stereocenters. The van der Waals surface area contributed by atoms with Gasteiger partial charge in [-0.2, -0.15) is 0 Å². The summed E-state index contributed by atoms with van der Waals surface area (Å²) >= 11 is 0. The van der Waals surface area contributed by atoms with Gasteiger partial charge in [-0.15, -0.1) is 0 Å². The summed E-state index contributed by atoms with van der Waals surface area (Å²) in [5.41, 5.74) is 11.3. The number of sulfonamides is 1. The van der Waals surface area contributed by atoms with Gasteiger partial charge in [-0.25, -0.2) is 22.2 Å². The number of pyridine rings is 2. The van der Waals surface area contributed by atoms with Crippen molar-refractivity contribution < 1.29 is 22.0 Å². The highest BCUT2D eigenvalue weighted by Crippen LogP contribution is 2.23. The van der Waals surface area contributed by atoms with Crippen LogP contribution in [0.1, 0.15) is 28.5 Å². The van der Waals surface area contributed by atoms with Gasteiger partial charge in [-0.05, 0) is 61.0 Å². The minimum atomic E-state index is -4.12. The van der Waals surface area contributed by atoms with Gasteiger partial charge in [0, 0.05) is 18.7 Å². The number of nitrogens with one attached hydrogen (secondary N) is 1. The molecule has 0 aliphatic carbocycles. The number of nitrogens with two attached hydrogens (primary N) is 2. The molecule has 0 bridgehead atoms. The maximum absolute atomic E-state index is 14.7. The van der Waals surface area contributed by atoms with Crippen molar-refractivity contribution >= 4 is 38.5 Å². The van der Waals surface area contributed by atoms with Gasteiger partial charge < -0.3 is 16.0 Å². The van der Waals surface area contributed by atoms with Crippen LogP contribution in [0.3, 0.4) is 0 Å². The number of fused-ring (bicyclic) bond motifs is 1. The summed E-state index contributed by atoms with van der Waals surface area (Å²) in [4.78, 5) is 28.7. The number of aryl methyl sites for hydroxylation is 1. The van der Waals surface area contributed by atoms with E-state index in [-0.39, 0.29) is 39.4 Å². The molecule has 4 rings (SSSR count). The number of nitrogens with zero attached hydrogens (tertiary/aromatic N) is 2. The largest absolute Gasteiger partial charge is 0.384 e. The third kappa shape index (κ3) is 4.62. The molecule has 0 fully saturated rings. The number of hydrogen-bond acceptors (Lipinski definition) is 6. The number of primary amides is 1. The molecule has 9 nitrogen and oxygen atoms in total. The zero-order valence-electron chi connectivity index (χ0n) is 19.0. The van der Waals surface area contributed by atoms with Crippen LogP contribution in [0, 0.1) is 11.6 Å². The molecule has 2 aromatic carbocycles. The van der Waals surface area contributed by atoms with Crippen LogP contribution in [0.2, 0.25) is 0 Å². The third-order valence-electron chi connectivity index (χ3n) is 5.56. The number of carbonyl (C=O) groups is 1. The molecule has 12 heteroatoms. The lowest BCUT2D eigenvalue weighted by atomic mass is 10.1. The smallest absolute Gasteiger partial charge is 0.261 e. The van der Waals surface area contributed by atoms with Gasteiger partial charge in [-0.1, -0.05) is 6.07 Å². The average molecular weight is 514 g/mol. The SMILES string of the molecule is CCn1c(N)c(C(N)=O)c(=O)c2ccc(Cc3ccc(NS(=O)(=O)c4ccc(F)cc4)c(F)c3)nc21. The predicted molar refractivity (Wildman–Crippen MR) is 131 cm³/mol. The molecule has 0 saturated carbocycles. The van der Waals surface area contributed by atoms with Crippen LogP contribution in [-0.2, 0) is 23.0 Å². The molecule has 2 aromatic heterocycles. The summed E-state index contributed by atoms with van der Waals surface area (Å²) in [7, 11) is -4.12. The number of nitrogen functional groups attached to an aromatic ring is 1. The average Bonchev–Trinajstić information content (AvgIpc) is 2.81. The normalized spacial score (nSPS) is 11.5. The number of anilines is 2. The number of hydrogen-bond donors (Lipinski definition) is 3. The molecule has 2 heterocycles. The van der Waals surface area contributed by atoms with Gasteiger partial charge in [0.05, 0.1) is 16.0 Å². The Bertz CT molecular complexity index is 1670. The van der Waals surface area contributed by atoms with E-state index in [4.69, 9.17) is 11.5 Å². The molecular weight excluding hydrogens is 492 g/mol. The summed E-state index contributed by atoms with van der Waals surface area (Å²) in [6.45, 7) is 2.08. The van der Waals surface area contributed by atoms with Crippen LogP contribution >= 0.6 is 0 Å². The zero-order valence-corrected chi connectivity index (χ0v) is 19.8. The Kier molecular flexibility index (Phi) is 6.46. The Labute approximate surface area is 204 Å². The van der Waals surface area contributed by atoms with Crippen LogP contribution in [-0.4, -0.2) is 23.9 Å². The van der Waals surface area contributed by atoms with Gasteiger partial charge in [0.1, 0.15) is 28.7 Å². The first kappa shape index (κ1) is 24.8. The van der Waals surface area contributed by atoms with Crippen LogP contribution in [0.25, 0.3) is 11.0 Å². The Balaban J connectivity index is 1.64. The van der Waals surface area contributed by atoms with E-state index in [1.165, 1.54) is 22.8 Å². The first-order valence-electron chi connectivity index (χ1n) is 10.7. The van der Waals surface area contributed by atoms with Crippen LogP contribution in [0.5, 0.6) is 0 Å². The molecule has 4 aromatic rings. The first-order chi connectivity index (χ1) is 17.0. The summed E-state index contributed by atoms with van der Waals surface area (Å²) in [6, 6.07) is 11.1. The van der Waals surface area contributed by atoms with E-state index in [0.29, 0.717) is 17.8 Å². The van der Waals surface area contributed by atoms with Gasteiger partial charge in [-0.3, -0.25) is 14.3 Å². The Hall–Kier alpha value is -4.32. The minimum absolute atomic E-state index is 0.0871. The zero-order chi connectivity index (χ0) is 26.2. The molecule has 186 valence electrons. The van der Waals surface area contributed by atoms with Crippen molar-refractivity contribution in [1.82, 2.24) is 9.55 Å². The molecule has 36 heavy (non-hydrogen) atoms. The standard InChI is InChI=1S/C24H21F2N5O4S/c1-2-31-22(27)20(23(28)33)21(32)17-9-6-15(29-24(17)31)11-13-3-10-19(18(26)12-13)30-36(34,35)16-7-4-14(25)5-8-16/h3-10,12,30H,2,11,27H2,1H3,(H2,28,33). The van der Waals surface area contributed by atoms with E-state index in [9.17, 15) is 26.8 Å². The van der Waals surface area contributed by atoms with Crippen molar-refractivity contribution in [3.8, 4) is 0 Å². The highest BCUT2D eigenvalue weighted by Gasteiger charge is 2.20. The third-order valence-corrected chi connectivity index (χ3v) is 6.94. The number of rotatable bonds is 7. The van der Waals surface area contributed by atoms with E-state index in [0.717, 1.165) is 30.3 Å². The van der Waals surface area contributed by atoms with Gasteiger partial charge in [0.2, 0.25) is 5.43 Å². The number of carbonyl (C=O) groups excluding carboxylic acids is 1. The number of halogens is 2. The minimum Gasteiger partial charge on any atom is -0.384 e. The second-order valence-electron chi connectivity index (χ2n) is 7.92. The van der Waals surface area contributed by atoms with Crippen molar-refractivity contribution in [1.29, 1.82) is 0 Å². The van der Waals surface area contributed by atoms with Crippen molar-refractivity contribution in [2.24, 2.45) is 5.73 Å². The fourth-order valence-electron chi connectivity index (χ4n) is 3.81. The second-order valence-corrected chi connectivity index (χ2v) is 9.60. The second kappa shape index (κ2) is 9.38. The molecule has 0 aliphatic rings. The van der Waals surface area contributed by atoms with E-state index >= 15 is 0 Å². The molecule has 0 aliphatic heterocycles. The summed E-state index contributed by atoms with van der Waals surface area (Å²) in [6.07, 6.45) is 0.160. The molecular formula is C24H21F2N5O4S. The highest BCUT2D eigenvalue weighted by molar-refractivity contribution is 7.92. The molecule has 1 amide bonds. The van der Waals surface area contributed by atoms with Gasteiger partial charge in [0.25, 0.3) is 15.9 Å². The lowest BCUT2D eigenvalue weighted by Crippen LogP contribution is -2.28. The predicted octanol–water partition coefficient (Wildman–Crippen LogP) is 2.77. The summed E-state index contributed by atoms with van der Waals surface area (Å²) in [5.74, 6) is -2.44. The van der Waals surface area contributed by atoms with E-state index in [1.54, 1.807) is 13.0 Å². The maximum atomic E-state index is 14.7. The molecule has 0 saturated heterocycles. The monoisotopic (exact) mass is 513 g/mol. The van der Waals surface area contributed by atoms with Crippen LogP contribution < -0.4 is 21.6 Å². The number of benzene rings is 2. The van der Waals surface area contributed by atoms with Crippen LogP contribution in [0.4, 0.5) is 20.3 Å².